The van der Waals surface area contributed by atoms with Crippen molar-refractivity contribution in [2.75, 3.05) is 0 Å². The van der Waals surface area contributed by atoms with Crippen LogP contribution in [-0.2, 0) is 20.2 Å². The highest BCUT2D eigenvalue weighted by Crippen LogP contribution is 2.36. The van der Waals surface area contributed by atoms with Gasteiger partial charge in [0, 0.05) is 9.79 Å². The number of hydrogen-bond donors (Lipinski definition) is 2. The Kier molecular flexibility index (Phi) is 8.44. The molecule has 8 nitrogen and oxygen atoms in total. The summed E-state index contributed by atoms with van der Waals surface area (Å²) in [5.41, 5.74) is 0. The van der Waals surface area contributed by atoms with Gasteiger partial charge in [-0.2, -0.15) is 34.4 Å². The maximum atomic E-state index is 14.0. The predicted molar refractivity (Wildman–Crippen MR) is 129 cm³/mol. The average molecular weight is 675 g/mol. The Labute approximate surface area is 240 Å². The molecule has 228 valence electrons. The first-order valence-corrected chi connectivity index (χ1v) is 14.5. The van der Waals surface area contributed by atoms with Crippen LogP contribution < -0.4 is 8.37 Å². The predicted octanol–water partition coefficient (Wildman–Crippen LogP) is 5.90. The van der Waals surface area contributed by atoms with Crippen LogP contribution in [0.25, 0.3) is 0 Å². The third-order valence-corrected chi connectivity index (χ3v) is 8.75. The monoisotopic (exact) mass is 674 g/mol. The normalized spacial score (nSPS) is 11.9. The van der Waals surface area contributed by atoms with Crippen LogP contribution in [0.4, 0.5) is 35.1 Å². The van der Waals surface area contributed by atoms with Crippen LogP contribution >= 0.6 is 11.8 Å². The van der Waals surface area contributed by atoms with E-state index in [0.717, 1.165) is 36.0 Å². The van der Waals surface area contributed by atoms with Gasteiger partial charge in [-0.05, 0) is 48.5 Å². The highest BCUT2D eigenvalue weighted by Gasteiger charge is 2.36. The molecule has 0 aliphatic rings. The Morgan fingerprint density at radius 3 is 0.977 bits per heavy atom. The highest BCUT2D eigenvalue weighted by molar-refractivity contribution is 7.99. The van der Waals surface area contributed by atoms with Gasteiger partial charge in [-0.1, -0.05) is 11.8 Å². The Morgan fingerprint density at radius 2 is 0.721 bits per heavy atom. The number of hydrogen-bond acceptors (Lipinski definition) is 9. The van der Waals surface area contributed by atoms with Crippen molar-refractivity contribution < 1.29 is 70.5 Å². The van der Waals surface area contributed by atoms with E-state index in [-0.39, 0.29) is 0 Å². The Morgan fingerprint density at radius 1 is 0.465 bits per heavy atom. The molecule has 0 saturated carbocycles. The van der Waals surface area contributed by atoms with E-state index in [4.69, 9.17) is 10.2 Å². The fourth-order valence-electron chi connectivity index (χ4n) is 3.24. The molecule has 2 N–H and O–H groups in total. The van der Waals surface area contributed by atoms with Crippen molar-refractivity contribution in [2.45, 2.75) is 19.6 Å². The van der Waals surface area contributed by atoms with E-state index in [1.165, 1.54) is 24.3 Å². The molecule has 4 aromatic rings. The van der Waals surface area contributed by atoms with E-state index >= 15 is 0 Å². The lowest BCUT2D eigenvalue weighted by molar-refractivity contribution is 0.339. The molecule has 4 rings (SSSR count). The van der Waals surface area contributed by atoms with Crippen molar-refractivity contribution in [1.82, 2.24) is 0 Å². The molecule has 0 bridgehead atoms. The zero-order valence-electron chi connectivity index (χ0n) is 20.2. The number of phenols is 2. The molecule has 4 aromatic carbocycles. The maximum Gasteiger partial charge on any atom is 0.345 e. The molecule has 43 heavy (non-hydrogen) atoms. The lowest BCUT2D eigenvalue weighted by Gasteiger charge is -2.11. The Hall–Kier alpha value is -4.23. The zero-order valence-corrected chi connectivity index (χ0v) is 22.7. The van der Waals surface area contributed by atoms with Gasteiger partial charge in [-0.3, -0.25) is 0 Å². The quantitative estimate of drug-likeness (QED) is 0.134. The first kappa shape index (κ1) is 31.7. The minimum Gasteiger partial charge on any atom is -0.503 e. The molecule has 0 radical (unpaired) electrons. The topological polar surface area (TPSA) is 127 Å². The van der Waals surface area contributed by atoms with Crippen molar-refractivity contribution >= 4 is 32.0 Å². The lowest BCUT2D eigenvalue weighted by Crippen LogP contribution is -2.16. The van der Waals surface area contributed by atoms with Gasteiger partial charge in [-0.25, -0.2) is 17.6 Å². The molecular weight excluding hydrogens is 664 g/mol. The summed E-state index contributed by atoms with van der Waals surface area (Å²) in [7, 11) is -10.9. The molecule has 0 aromatic heterocycles. The second-order valence-electron chi connectivity index (χ2n) is 7.99. The summed E-state index contributed by atoms with van der Waals surface area (Å²) in [4.78, 5) is -3.53. The first-order chi connectivity index (χ1) is 20.0. The molecule has 0 heterocycles. The van der Waals surface area contributed by atoms with Crippen molar-refractivity contribution in [1.29, 1.82) is 0 Å². The molecular formula is C24H10F8O8S3. The fraction of sp³-hybridized carbons (Fsp3) is 0. The summed E-state index contributed by atoms with van der Waals surface area (Å²) in [6.07, 6.45) is 0. The minimum absolute atomic E-state index is 0.351. The van der Waals surface area contributed by atoms with Crippen LogP contribution in [0.2, 0.25) is 0 Å². The third kappa shape index (κ3) is 6.00. The van der Waals surface area contributed by atoms with Crippen LogP contribution in [0.15, 0.2) is 68.1 Å². The van der Waals surface area contributed by atoms with Crippen LogP contribution in [-0.4, -0.2) is 27.0 Å². The van der Waals surface area contributed by atoms with Crippen LogP contribution in [0.5, 0.6) is 23.0 Å². The van der Waals surface area contributed by atoms with Gasteiger partial charge in [0.15, 0.2) is 44.6 Å². The molecule has 0 spiro atoms. The number of benzene rings is 4. The largest absolute Gasteiger partial charge is 0.503 e. The van der Waals surface area contributed by atoms with E-state index in [1.807, 2.05) is 0 Å². The summed E-state index contributed by atoms with van der Waals surface area (Å²) < 4.78 is 168. The molecule has 19 heteroatoms. The van der Waals surface area contributed by atoms with Gasteiger partial charge in [0.1, 0.15) is 11.5 Å². The maximum absolute atomic E-state index is 14.0. The molecule has 0 fully saturated rings. The van der Waals surface area contributed by atoms with E-state index in [0.29, 0.717) is 9.79 Å². The van der Waals surface area contributed by atoms with Gasteiger partial charge in [0.05, 0.1) is 0 Å². The van der Waals surface area contributed by atoms with E-state index in [9.17, 15) is 52.0 Å². The summed E-state index contributed by atoms with van der Waals surface area (Å²) >= 11 is 0.951. The molecule has 0 amide bonds. The standard InChI is InChI=1S/C24H10F8O8S3/c25-13-17(29)23(18(30)14(26)21(13)33)42(35,36)39-9-1-5-11(6-2-9)41-12-7-3-10(4-8-12)40-43(37,38)24-19(31)15(27)22(34)16(28)20(24)32/h1-8,33-34H. The minimum atomic E-state index is -5.47. The van der Waals surface area contributed by atoms with Gasteiger partial charge in [-0.15, -0.1) is 0 Å². The van der Waals surface area contributed by atoms with Crippen molar-refractivity contribution in [3.05, 3.63) is 95.1 Å². The van der Waals surface area contributed by atoms with Gasteiger partial charge < -0.3 is 18.6 Å². The second-order valence-corrected chi connectivity index (χ2v) is 12.1. The smallest absolute Gasteiger partial charge is 0.345 e. The van der Waals surface area contributed by atoms with Crippen LogP contribution in [0.1, 0.15) is 0 Å². The average Bonchev–Trinajstić information content (AvgIpc) is 2.94. The Bertz CT molecular complexity index is 1770. The summed E-state index contributed by atoms with van der Waals surface area (Å²) in [5.74, 6) is -24.3. The van der Waals surface area contributed by atoms with Gasteiger partial charge >= 0.3 is 20.2 Å². The summed E-state index contributed by atoms with van der Waals surface area (Å²) in [5, 5.41) is 18.0. The number of aromatic hydroxyl groups is 2. The summed E-state index contributed by atoms with van der Waals surface area (Å²) in [6, 6.07) is 8.89. The second kappa shape index (κ2) is 11.5. The number of halogens is 8. The molecule has 0 aliphatic carbocycles. The SMILES string of the molecule is O=S(=O)(Oc1ccc(Sc2ccc(OS(=O)(=O)c3c(F)c(F)c(O)c(F)c3F)cc2)cc1)c1c(F)c(F)c(O)c(F)c1F. The van der Waals surface area contributed by atoms with Gasteiger partial charge in [0.2, 0.25) is 23.3 Å². The summed E-state index contributed by atoms with van der Waals surface area (Å²) in [6.45, 7) is 0. The number of rotatable bonds is 8. The Balaban J connectivity index is 1.48. The highest BCUT2D eigenvalue weighted by atomic mass is 32.2. The van der Waals surface area contributed by atoms with Crippen molar-refractivity contribution in [3.63, 3.8) is 0 Å². The van der Waals surface area contributed by atoms with E-state index < -0.39 is 99.6 Å². The van der Waals surface area contributed by atoms with Crippen molar-refractivity contribution in [3.8, 4) is 23.0 Å². The molecule has 0 unspecified atom stereocenters. The molecule has 0 aliphatic heterocycles. The van der Waals surface area contributed by atoms with Crippen molar-refractivity contribution in [2.24, 2.45) is 0 Å². The van der Waals surface area contributed by atoms with Gasteiger partial charge in [0.25, 0.3) is 0 Å². The first-order valence-electron chi connectivity index (χ1n) is 10.8. The van der Waals surface area contributed by atoms with Crippen LogP contribution in [0.3, 0.4) is 0 Å². The molecule has 0 atom stereocenters. The van der Waals surface area contributed by atoms with E-state index in [2.05, 4.69) is 8.37 Å². The van der Waals surface area contributed by atoms with Crippen LogP contribution in [0, 0.1) is 46.5 Å². The third-order valence-electron chi connectivity index (χ3n) is 5.19. The lowest BCUT2D eigenvalue weighted by atomic mass is 10.3. The zero-order chi connectivity index (χ0) is 32.0. The van der Waals surface area contributed by atoms with E-state index in [1.54, 1.807) is 0 Å². The molecule has 0 saturated heterocycles. The number of phenolic OH excluding ortho intramolecular Hbond substituents is 2. The fourth-order valence-corrected chi connectivity index (χ4v) is 6.19.